The summed E-state index contributed by atoms with van der Waals surface area (Å²) in [6, 6.07) is 6.51. The molecule has 21 heavy (non-hydrogen) atoms. The van der Waals surface area contributed by atoms with E-state index in [4.69, 9.17) is 4.74 Å². The molecule has 1 aliphatic heterocycles. The second-order valence-corrected chi connectivity index (χ2v) is 7.59. The van der Waals surface area contributed by atoms with Crippen molar-refractivity contribution < 1.29 is 9.84 Å². The van der Waals surface area contributed by atoms with Gasteiger partial charge < -0.3 is 9.84 Å². The first-order valence-electron chi connectivity index (χ1n) is 7.96. The molecule has 3 rings (SSSR count). The van der Waals surface area contributed by atoms with Crippen LogP contribution in [0, 0.1) is 11.8 Å². The molecular formula is C19H26O2. The summed E-state index contributed by atoms with van der Waals surface area (Å²) in [6.07, 6.45) is 3.31. The van der Waals surface area contributed by atoms with Gasteiger partial charge in [-0.05, 0) is 55.4 Å². The van der Waals surface area contributed by atoms with Crippen molar-refractivity contribution in [3.8, 4) is 5.75 Å². The normalized spacial score (nSPS) is 29.7. The highest BCUT2D eigenvalue weighted by molar-refractivity contribution is 5.75. The monoisotopic (exact) mass is 286 g/mol. The quantitative estimate of drug-likeness (QED) is 0.903. The van der Waals surface area contributed by atoms with Crippen LogP contribution in [0.25, 0.3) is 5.57 Å². The van der Waals surface area contributed by atoms with Crippen LogP contribution in [-0.4, -0.2) is 17.3 Å². The average Bonchev–Trinajstić information content (AvgIpc) is 3.08. The second kappa shape index (κ2) is 4.61. The fourth-order valence-electron chi connectivity index (χ4n) is 3.60. The molecule has 2 nitrogen and oxygen atoms in total. The number of aliphatic hydroxyl groups is 1. The van der Waals surface area contributed by atoms with Gasteiger partial charge in [0.25, 0.3) is 0 Å². The maximum Gasteiger partial charge on any atom is 0.128 e. The van der Waals surface area contributed by atoms with Crippen LogP contribution in [0.5, 0.6) is 5.75 Å². The van der Waals surface area contributed by atoms with Crippen molar-refractivity contribution in [2.45, 2.75) is 52.1 Å². The molecule has 0 saturated heterocycles. The molecule has 1 heterocycles. The Morgan fingerprint density at radius 2 is 2.00 bits per heavy atom. The van der Waals surface area contributed by atoms with Crippen molar-refractivity contribution >= 4 is 5.57 Å². The Kier molecular flexibility index (Phi) is 3.21. The van der Waals surface area contributed by atoms with E-state index in [0.29, 0.717) is 11.8 Å². The summed E-state index contributed by atoms with van der Waals surface area (Å²) >= 11 is 0. The standard InChI is InChI=1S/C19H26O2/c1-12(2)16-10-18(4,5)21-17-8-14(6-7-15(16)17)19(11-20)9-13(19)3/h6-8,10,12-13,20H,9,11H2,1-5H3/t13-,19-/m0/s1. The van der Waals surface area contributed by atoms with E-state index in [0.717, 1.165) is 12.2 Å². The van der Waals surface area contributed by atoms with Crippen molar-refractivity contribution in [3.05, 3.63) is 35.4 Å². The van der Waals surface area contributed by atoms with Crippen molar-refractivity contribution in [2.75, 3.05) is 6.61 Å². The van der Waals surface area contributed by atoms with E-state index in [-0.39, 0.29) is 17.6 Å². The first-order valence-corrected chi connectivity index (χ1v) is 7.96. The third-order valence-electron chi connectivity index (χ3n) is 5.10. The zero-order valence-corrected chi connectivity index (χ0v) is 13.7. The van der Waals surface area contributed by atoms with Gasteiger partial charge in [0.2, 0.25) is 0 Å². The molecule has 1 aromatic carbocycles. The summed E-state index contributed by atoms with van der Waals surface area (Å²) in [4.78, 5) is 0. The lowest BCUT2D eigenvalue weighted by Gasteiger charge is -2.33. The van der Waals surface area contributed by atoms with Gasteiger partial charge in [-0.15, -0.1) is 0 Å². The van der Waals surface area contributed by atoms with Crippen LogP contribution in [0.15, 0.2) is 24.3 Å². The fourth-order valence-corrected chi connectivity index (χ4v) is 3.60. The summed E-state index contributed by atoms with van der Waals surface area (Å²) < 4.78 is 6.19. The van der Waals surface area contributed by atoms with Crippen LogP contribution < -0.4 is 4.74 Å². The number of ether oxygens (including phenoxy) is 1. The molecule has 0 radical (unpaired) electrons. The molecule has 1 aliphatic carbocycles. The molecule has 2 heteroatoms. The average molecular weight is 286 g/mol. The van der Waals surface area contributed by atoms with Gasteiger partial charge in [-0.2, -0.15) is 0 Å². The Morgan fingerprint density at radius 3 is 2.52 bits per heavy atom. The summed E-state index contributed by atoms with van der Waals surface area (Å²) in [5.74, 6) is 2.00. The largest absolute Gasteiger partial charge is 0.483 e. The Morgan fingerprint density at radius 1 is 1.33 bits per heavy atom. The highest BCUT2D eigenvalue weighted by Gasteiger charge is 2.52. The number of hydrogen-bond acceptors (Lipinski definition) is 2. The molecule has 114 valence electrons. The number of rotatable bonds is 3. The minimum Gasteiger partial charge on any atom is -0.483 e. The van der Waals surface area contributed by atoms with Gasteiger partial charge >= 0.3 is 0 Å². The van der Waals surface area contributed by atoms with E-state index in [9.17, 15) is 5.11 Å². The molecule has 2 atom stereocenters. The molecule has 0 unspecified atom stereocenters. The first kappa shape index (κ1) is 14.6. The zero-order chi connectivity index (χ0) is 15.4. The summed E-state index contributed by atoms with van der Waals surface area (Å²) in [5.41, 5.74) is 3.47. The van der Waals surface area contributed by atoms with E-state index in [1.54, 1.807) is 0 Å². The minimum atomic E-state index is -0.271. The van der Waals surface area contributed by atoms with Crippen LogP contribution >= 0.6 is 0 Å². The molecule has 1 saturated carbocycles. The third kappa shape index (κ3) is 2.30. The number of aliphatic hydroxyl groups excluding tert-OH is 1. The number of allylic oxidation sites excluding steroid dienone is 1. The van der Waals surface area contributed by atoms with Crippen LogP contribution in [0.1, 0.15) is 52.2 Å². The number of benzene rings is 1. The number of hydrogen-bond donors (Lipinski definition) is 1. The Labute approximate surface area is 127 Å². The maximum absolute atomic E-state index is 9.78. The van der Waals surface area contributed by atoms with Gasteiger partial charge in [0.05, 0.1) is 6.61 Å². The first-order chi connectivity index (χ1) is 9.79. The Bertz CT molecular complexity index is 594. The van der Waals surface area contributed by atoms with Crippen LogP contribution in [0.3, 0.4) is 0 Å². The van der Waals surface area contributed by atoms with Gasteiger partial charge in [0.15, 0.2) is 0 Å². The van der Waals surface area contributed by atoms with Crippen molar-refractivity contribution in [1.29, 1.82) is 0 Å². The van der Waals surface area contributed by atoms with E-state index in [1.807, 2.05) is 0 Å². The predicted octanol–water partition coefficient (Wildman–Crippen LogP) is 4.17. The van der Waals surface area contributed by atoms with E-state index >= 15 is 0 Å². The number of fused-ring (bicyclic) bond motifs is 1. The van der Waals surface area contributed by atoms with Gasteiger partial charge in [0.1, 0.15) is 11.4 Å². The molecule has 0 amide bonds. The molecule has 2 aliphatic rings. The molecule has 0 bridgehead atoms. The van der Waals surface area contributed by atoms with Gasteiger partial charge in [-0.3, -0.25) is 0 Å². The molecular weight excluding hydrogens is 260 g/mol. The van der Waals surface area contributed by atoms with E-state index in [2.05, 4.69) is 58.9 Å². The van der Waals surface area contributed by atoms with Crippen molar-refractivity contribution in [3.63, 3.8) is 0 Å². The summed E-state index contributed by atoms with van der Waals surface area (Å²) in [7, 11) is 0. The second-order valence-electron chi connectivity index (χ2n) is 7.59. The summed E-state index contributed by atoms with van der Waals surface area (Å²) in [5, 5.41) is 9.78. The van der Waals surface area contributed by atoms with Crippen LogP contribution in [-0.2, 0) is 5.41 Å². The van der Waals surface area contributed by atoms with Gasteiger partial charge in [-0.1, -0.05) is 32.9 Å². The lowest BCUT2D eigenvalue weighted by Crippen LogP contribution is -2.30. The van der Waals surface area contributed by atoms with E-state index < -0.39 is 0 Å². The topological polar surface area (TPSA) is 29.5 Å². The zero-order valence-electron chi connectivity index (χ0n) is 13.7. The lowest BCUT2D eigenvalue weighted by atomic mass is 9.85. The SMILES string of the molecule is CC(C)C1=CC(C)(C)Oc2cc([C@]3(CO)C[C@@H]3C)ccc21. The molecule has 0 aromatic heterocycles. The van der Waals surface area contributed by atoms with E-state index in [1.165, 1.54) is 16.7 Å². The Hall–Kier alpha value is -1.28. The van der Waals surface area contributed by atoms with Crippen LogP contribution in [0.2, 0.25) is 0 Å². The van der Waals surface area contributed by atoms with Crippen molar-refractivity contribution in [1.82, 2.24) is 0 Å². The molecule has 1 N–H and O–H groups in total. The predicted molar refractivity (Wildman–Crippen MR) is 86.5 cm³/mol. The summed E-state index contributed by atoms with van der Waals surface area (Å²) in [6.45, 7) is 11.1. The molecule has 0 spiro atoms. The highest BCUT2D eigenvalue weighted by atomic mass is 16.5. The van der Waals surface area contributed by atoms with Gasteiger partial charge in [0, 0.05) is 11.0 Å². The minimum absolute atomic E-state index is 0.0400. The van der Waals surface area contributed by atoms with Crippen LogP contribution in [0.4, 0.5) is 0 Å². The lowest BCUT2D eigenvalue weighted by molar-refractivity contribution is 0.156. The maximum atomic E-state index is 9.78. The highest BCUT2D eigenvalue weighted by Crippen LogP contribution is 2.55. The fraction of sp³-hybridized carbons (Fsp3) is 0.579. The smallest absolute Gasteiger partial charge is 0.128 e. The van der Waals surface area contributed by atoms with Crippen molar-refractivity contribution in [2.24, 2.45) is 11.8 Å². The molecule has 1 fully saturated rings. The third-order valence-corrected chi connectivity index (χ3v) is 5.10. The van der Waals surface area contributed by atoms with Gasteiger partial charge in [-0.25, -0.2) is 0 Å². The Balaban J connectivity index is 2.06. The molecule has 1 aromatic rings.